The Bertz CT molecular complexity index is 445. The van der Waals surface area contributed by atoms with Crippen LogP contribution in [0.15, 0.2) is 24.3 Å². The SMILES string of the molecule is CC(=O)N[C@H](C[N+](=O)[O-])c1ccc(C(C)(C)C)cc1. The molecule has 1 aromatic rings. The van der Waals surface area contributed by atoms with Crippen molar-refractivity contribution in [2.45, 2.75) is 39.2 Å². The molecule has 1 aromatic carbocycles. The van der Waals surface area contributed by atoms with Crippen LogP contribution in [0.3, 0.4) is 0 Å². The molecule has 5 heteroatoms. The zero-order valence-electron chi connectivity index (χ0n) is 11.8. The van der Waals surface area contributed by atoms with Gasteiger partial charge in [-0.25, -0.2) is 0 Å². The lowest BCUT2D eigenvalue weighted by molar-refractivity contribution is -0.484. The van der Waals surface area contributed by atoms with Gasteiger partial charge in [0.05, 0.1) is 0 Å². The summed E-state index contributed by atoms with van der Waals surface area (Å²) in [6.45, 7) is 7.35. The van der Waals surface area contributed by atoms with E-state index in [2.05, 4.69) is 26.1 Å². The molecule has 19 heavy (non-hydrogen) atoms. The maximum atomic E-state index is 11.1. The topological polar surface area (TPSA) is 72.2 Å². The number of benzene rings is 1. The van der Waals surface area contributed by atoms with Crippen molar-refractivity contribution in [1.82, 2.24) is 5.32 Å². The number of nitro groups is 1. The van der Waals surface area contributed by atoms with Gasteiger partial charge in [0.1, 0.15) is 6.04 Å². The third kappa shape index (κ3) is 4.69. The predicted molar refractivity (Wildman–Crippen MR) is 73.6 cm³/mol. The van der Waals surface area contributed by atoms with Gasteiger partial charge in [0.2, 0.25) is 12.5 Å². The van der Waals surface area contributed by atoms with Gasteiger partial charge in [0.15, 0.2) is 0 Å². The molecule has 104 valence electrons. The zero-order chi connectivity index (χ0) is 14.6. The Hall–Kier alpha value is -1.91. The minimum Gasteiger partial charge on any atom is -0.343 e. The fourth-order valence-electron chi connectivity index (χ4n) is 1.84. The molecule has 0 aliphatic heterocycles. The first-order valence-corrected chi connectivity index (χ1v) is 6.19. The lowest BCUT2D eigenvalue weighted by Crippen LogP contribution is -2.31. The van der Waals surface area contributed by atoms with Crippen molar-refractivity contribution in [3.63, 3.8) is 0 Å². The van der Waals surface area contributed by atoms with Crippen molar-refractivity contribution in [1.29, 1.82) is 0 Å². The summed E-state index contributed by atoms with van der Waals surface area (Å²) in [6.07, 6.45) is 0. The number of nitrogens with zero attached hydrogens (tertiary/aromatic N) is 1. The van der Waals surface area contributed by atoms with E-state index in [4.69, 9.17) is 0 Å². The average Bonchev–Trinajstić information content (AvgIpc) is 2.26. The number of carbonyl (C=O) groups excluding carboxylic acids is 1. The Balaban J connectivity index is 2.96. The molecule has 1 amide bonds. The van der Waals surface area contributed by atoms with E-state index in [1.807, 2.05) is 24.3 Å². The summed E-state index contributed by atoms with van der Waals surface area (Å²) in [5.74, 6) is -0.272. The summed E-state index contributed by atoms with van der Waals surface area (Å²) in [5, 5.41) is 13.3. The van der Waals surface area contributed by atoms with Gasteiger partial charge in [-0.3, -0.25) is 14.9 Å². The second-order valence-electron chi connectivity index (χ2n) is 5.64. The van der Waals surface area contributed by atoms with E-state index in [0.717, 1.165) is 11.1 Å². The molecule has 5 nitrogen and oxygen atoms in total. The van der Waals surface area contributed by atoms with Crippen LogP contribution in [0.5, 0.6) is 0 Å². The van der Waals surface area contributed by atoms with Crippen LogP contribution in [0.25, 0.3) is 0 Å². The Morgan fingerprint density at radius 2 is 1.84 bits per heavy atom. The van der Waals surface area contributed by atoms with Crippen LogP contribution in [0.4, 0.5) is 0 Å². The molecule has 0 unspecified atom stereocenters. The van der Waals surface area contributed by atoms with Crippen molar-refractivity contribution in [2.75, 3.05) is 6.54 Å². The molecular weight excluding hydrogens is 244 g/mol. The first-order chi connectivity index (χ1) is 8.70. The monoisotopic (exact) mass is 264 g/mol. The molecule has 0 bridgehead atoms. The molecule has 0 fully saturated rings. The van der Waals surface area contributed by atoms with Crippen molar-refractivity contribution < 1.29 is 9.72 Å². The van der Waals surface area contributed by atoms with E-state index in [1.165, 1.54) is 6.92 Å². The molecule has 0 radical (unpaired) electrons. The highest BCUT2D eigenvalue weighted by Gasteiger charge is 2.20. The fourth-order valence-corrected chi connectivity index (χ4v) is 1.84. The molecular formula is C14H20N2O3. The van der Waals surface area contributed by atoms with Crippen LogP contribution in [0, 0.1) is 10.1 Å². The van der Waals surface area contributed by atoms with Crippen molar-refractivity contribution in [2.24, 2.45) is 0 Å². The molecule has 0 saturated carbocycles. The molecule has 1 rings (SSSR count). The molecule has 0 aliphatic carbocycles. The largest absolute Gasteiger partial charge is 0.343 e. The fraction of sp³-hybridized carbons (Fsp3) is 0.500. The first-order valence-electron chi connectivity index (χ1n) is 6.19. The number of carbonyl (C=O) groups is 1. The summed E-state index contributed by atoms with van der Waals surface area (Å²) in [7, 11) is 0. The first kappa shape index (κ1) is 15.1. The number of hydrogen-bond acceptors (Lipinski definition) is 3. The maximum Gasteiger partial charge on any atom is 0.227 e. The third-order valence-electron chi connectivity index (χ3n) is 2.89. The summed E-state index contributed by atoms with van der Waals surface area (Å²) in [5.41, 5.74) is 1.93. The number of nitrogens with one attached hydrogen (secondary N) is 1. The Labute approximate surface area is 113 Å². The Morgan fingerprint density at radius 3 is 2.21 bits per heavy atom. The van der Waals surface area contributed by atoms with Gasteiger partial charge in [-0.1, -0.05) is 45.0 Å². The highest BCUT2D eigenvalue weighted by molar-refractivity contribution is 5.73. The number of amides is 1. The predicted octanol–water partition coefficient (Wildman–Crippen LogP) is 2.44. The Kier molecular flexibility index (Phi) is 4.64. The lowest BCUT2D eigenvalue weighted by atomic mass is 9.86. The van der Waals surface area contributed by atoms with Crippen LogP contribution < -0.4 is 5.32 Å². The van der Waals surface area contributed by atoms with Gasteiger partial charge in [-0.15, -0.1) is 0 Å². The van der Waals surface area contributed by atoms with Crippen LogP contribution in [-0.2, 0) is 10.2 Å². The third-order valence-corrected chi connectivity index (χ3v) is 2.89. The molecule has 0 heterocycles. The zero-order valence-corrected chi connectivity index (χ0v) is 11.8. The second-order valence-corrected chi connectivity index (χ2v) is 5.64. The van der Waals surface area contributed by atoms with E-state index >= 15 is 0 Å². The van der Waals surface area contributed by atoms with E-state index < -0.39 is 11.0 Å². The second kappa shape index (κ2) is 5.82. The summed E-state index contributed by atoms with van der Waals surface area (Å²) in [4.78, 5) is 21.3. The van der Waals surface area contributed by atoms with Crippen molar-refractivity contribution in [3.8, 4) is 0 Å². The van der Waals surface area contributed by atoms with Crippen LogP contribution in [0.1, 0.15) is 44.9 Å². The smallest absolute Gasteiger partial charge is 0.227 e. The normalized spacial score (nSPS) is 12.8. The molecule has 0 aromatic heterocycles. The summed E-state index contributed by atoms with van der Waals surface area (Å²) >= 11 is 0. The van der Waals surface area contributed by atoms with Gasteiger partial charge < -0.3 is 5.32 Å². The summed E-state index contributed by atoms with van der Waals surface area (Å²) in [6, 6.07) is 6.99. The van der Waals surface area contributed by atoms with E-state index in [-0.39, 0.29) is 17.9 Å². The molecule has 1 N–H and O–H groups in total. The Morgan fingerprint density at radius 1 is 1.32 bits per heavy atom. The minimum atomic E-state index is -0.582. The maximum absolute atomic E-state index is 11.1. The van der Waals surface area contributed by atoms with Gasteiger partial charge in [0.25, 0.3) is 0 Å². The standard InChI is InChI=1S/C14H20N2O3/c1-10(17)15-13(9-16(18)19)11-5-7-12(8-6-11)14(2,3)4/h5-8,13H,9H2,1-4H3,(H,15,17)/t13-/m1/s1. The van der Waals surface area contributed by atoms with E-state index in [1.54, 1.807) is 0 Å². The molecule has 0 aliphatic rings. The summed E-state index contributed by atoms with van der Waals surface area (Å²) < 4.78 is 0. The number of rotatable bonds is 4. The van der Waals surface area contributed by atoms with Crippen LogP contribution >= 0.6 is 0 Å². The van der Waals surface area contributed by atoms with Gasteiger partial charge in [-0.2, -0.15) is 0 Å². The van der Waals surface area contributed by atoms with Gasteiger partial charge >= 0.3 is 0 Å². The van der Waals surface area contributed by atoms with E-state index in [0.29, 0.717) is 0 Å². The van der Waals surface area contributed by atoms with Crippen LogP contribution in [0.2, 0.25) is 0 Å². The van der Waals surface area contributed by atoms with Gasteiger partial charge in [0, 0.05) is 11.8 Å². The molecule has 0 spiro atoms. The number of hydrogen-bond donors (Lipinski definition) is 1. The molecule has 0 saturated heterocycles. The highest BCUT2D eigenvalue weighted by Crippen LogP contribution is 2.24. The lowest BCUT2D eigenvalue weighted by Gasteiger charge is -2.20. The molecule has 1 atom stereocenters. The van der Waals surface area contributed by atoms with Gasteiger partial charge in [-0.05, 0) is 16.5 Å². The minimum absolute atomic E-state index is 0.0329. The van der Waals surface area contributed by atoms with Crippen molar-refractivity contribution >= 4 is 5.91 Å². The van der Waals surface area contributed by atoms with E-state index in [9.17, 15) is 14.9 Å². The van der Waals surface area contributed by atoms with Crippen LogP contribution in [-0.4, -0.2) is 17.4 Å². The highest BCUT2D eigenvalue weighted by atomic mass is 16.6. The van der Waals surface area contributed by atoms with Crippen molar-refractivity contribution in [3.05, 3.63) is 45.5 Å². The average molecular weight is 264 g/mol. The quantitative estimate of drug-likeness (QED) is 0.670.